The summed E-state index contributed by atoms with van der Waals surface area (Å²) >= 11 is 3.17. The minimum atomic E-state index is -2.99. The van der Waals surface area contributed by atoms with Gasteiger partial charge in [0.25, 0.3) is 5.91 Å². The van der Waals surface area contributed by atoms with E-state index in [0.717, 1.165) is 6.08 Å². The number of alkyl halides is 2. The van der Waals surface area contributed by atoms with Crippen LogP contribution in [0.5, 0.6) is 5.75 Å². The van der Waals surface area contributed by atoms with Crippen molar-refractivity contribution in [3.8, 4) is 5.75 Å². The maximum Gasteiger partial charge on any atom is 0.387 e. The fourth-order valence-corrected chi connectivity index (χ4v) is 1.66. The fourth-order valence-electron chi connectivity index (χ4n) is 1.28. The highest BCUT2D eigenvalue weighted by Crippen LogP contribution is 2.26. The highest BCUT2D eigenvalue weighted by atomic mass is 79.9. The zero-order valence-corrected chi connectivity index (χ0v) is 12.5. The summed E-state index contributed by atoms with van der Waals surface area (Å²) in [4.78, 5) is 22.2. The van der Waals surface area contributed by atoms with Crippen molar-refractivity contribution in [2.45, 2.75) is 19.6 Å². The lowest BCUT2D eigenvalue weighted by atomic mass is 10.2. The molecule has 1 aromatic carbocycles. The van der Waals surface area contributed by atoms with E-state index in [-0.39, 0.29) is 11.3 Å². The normalized spacial score (nSPS) is 12.4. The van der Waals surface area contributed by atoms with Crippen LogP contribution in [0, 0.1) is 0 Å². The van der Waals surface area contributed by atoms with Crippen LogP contribution in [0.4, 0.5) is 8.78 Å². The zero-order chi connectivity index (χ0) is 16.0. The molecule has 21 heavy (non-hydrogen) atoms. The molecule has 2 N–H and O–H groups in total. The molecule has 1 aromatic rings. The van der Waals surface area contributed by atoms with Crippen molar-refractivity contribution in [1.29, 1.82) is 0 Å². The van der Waals surface area contributed by atoms with E-state index in [2.05, 4.69) is 25.4 Å². The number of carbonyl (C=O) groups excluding carboxylic acids is 2. The van der Waals surface area contributed by atoms with E-state index >= 15 is 0 Å². The number of benzene rings is 1. The molecule has 0 aliphatic rings. The molecule has 0 saturated carbocycles. The second-order valence-electron chi connectivity index (χ2n) is 3.88. The van der Waals surface area contributed by atoms with Crippen LogP contribution in [0.15, 0.2) is 28.7 Å². The van der Waals surface area contributed by atoms with Crippen molar-refractivity contribution in [3.05, 3.63) is 34.3 Å². The van der Waals surface area contributed by atoms with Gasteiger partial charge in [-0.3, -0.25) is 4.79 Å². The lowest BCUT2D eigenvalue weighted by Gasteiger charge is -2.09. The molecule has 8 heteroatoms. The first-order valence-corrected chi connectivity index (χ1v) is 6.51. The van der Waals surface area contributed by atoms with Crippen LogP contribution in [-0.4, -0.2) is 24.6 Å². The first kappa shape index (κ1) is 17.1. The predicted molar refractivity (Wildman–Crippen MR) is 74.6 cm³/mol. The van der Waals surface area contributed by atoms with Gasteiger partial charge in [-0.2, -0.15) is 8.78 Å². The van der Waals surface area contributed by atoms with Gasteiger partial charge in [0.05, 0.1) is 0 Å². The Balaban J connectivity index is 2.85. The molecule has 1 atom stereocenters. The number of amides is 1. The number of esters is 1. The number of hydrogen-bond acceptors (Lipinski definition) is 4. The number of rotatable bonds is 6. The van der Waals surface area contributed by atoms with E-state index in [1.54, 1.807) is 0 Å². The molecule has 114 valence electrons. The third kappa shape index (κ3) is 5.90. The average Bonchev–Trinajstić information content (AvgIpc) is 2.38. The van der Waals surface area contributed by atoms with E-state index in [4.69, 9.17) is 5.73 Å². The van der Waals surface area contributed by atoms with Gasteiger partial charge in [0.15, 0.2) is 6.10 Å². The monoisotopic (exact) mass is 363 g/mol. The minimum Gasteiger partial charge on any atom is -0.449 e. The quantitative estimate of drug-likeness (QED) is 0.622. The molecule has 0 aliphatic heterocycles. The Labute approximate surface area is 127 Å². The Morgan fingerprint density at radius 3 is 2.62 bits per heavy atom. The largest absolute Gasteiger partial charge is 0.449 e. The van der Waals surface area contributed by atoms with Gasteiger partial charge in [-0.15, -0.1) is 0 Å². The van der Waals surface area contributed by atoms with E-state index in [0.29, 0.717) is 4.47 Å². The first-order valence-electron chi connectivity index (χ1n) is 5.72. The highest BCUT2D eigenvalue weighted by Gasteiger charge is 2.13. The molecular weight excluding hydrogens is 352 g/mol. The van der Waals surface area contributed by atoms with Gasteiger partial charge in [-0.05, 0) is 31.2 Å². The van der Waals surface area contributed by atoms with E-state index < -0.39 is 24.6 Å². The lowest BCUT2D eigenvalue weighted by molar-refractivity contribution is -0.148. The maximum absolute atomic E-state index is 12.3. The molecular formula is C13H12BrF2NO4. The molecule has 0 fully saturated rings. The third-order valence-corrected chi connectivity index (χ3v) is 2.77. The van der Waals surface area contributed by atoms with Crippen LogP contribution >= 0.6 is 15.9 Å². The fraction of sp³-hybridized carbons (Fsp3) is 0.231. The van der Waals surface area contributed by atoms with Crippen LogP contribution in [-0.2, 0) is 14.3 Å². The molecule has 0 heterocycles. The molecule has 0 radical (unpaired) electrons. The van der Waals surface area contributed by atoms with Crippen LogP contribution in [0.1, 0.15) is 12.5 Å². The van der Waals surface area contributed by atoms with Gasteiger partial charge in [-0.25, -0.2) is 4.79 Å². The van der Waals surface area contributed by atoms with Crippen molar-refractivity contribution >= 4 is 33.9 Å². The Kier molecular flexibility index (Phi) is 6.29. The number of nitrogens with two attached hydrogens (primary N) is 1. The number of primary amides is 1. The molecule has 0 aliphatic carbocycles. The SMILES string of the molecule is C[C@H](OC(=O)/C=C/c1cc(Br)ccc1OC(F)F)C(N)=O. The average molecular weight is 364 g/mol. The van der Waals surface area contributed by atoms with Crippen LogP contribution in [0.2, 0.25) is 0 Å². The lowest BCUT2D eigenvalue weighted by Crippen LogP contribution is -2.29. The molecule has 1 rings (SSSR count). The van der Waals surface area contributed by atoms with Gasteiger partial charge in [0.1, 0.15) is 5.75 Å². The Morgan fingerprint density at radius 2 is 2.05 bits per heavy atom. The number of halogens is 3. The van der Waals surface area contributed by atoms with Gasteiger partial charge in [0, 0.05) is 16.1 Å². The molecule has 0 aromatic heterocycles. The summed E-state index contributed by atoms with van der Waals surface area (Å²) in [6.07, 6.45) is 1.14. The summed E-state index contributed by atoms with van der Waals surface area (Å²) in [6, 6.07) is 4.33. The van der Waals surface area contributed by atoms with Crippen molar-refractivity contribution in [2.24, 2.45) is 5.73 Å². The smallest absolute Gasteiger partial charge is 0.387 e. The summed E-state index contributed by atoms with van der Waals surface area (Å²) in [5.74, 6) is -1.72. The minimum absolute atomic E-state index is 0.0970. The molecule has 0 unspecified atom stereocenters. The Bertz CT molecular complexity index is 563. The summed E-state index contributed by atoms with van der Waals surface area (Å²) in [5, 5.41) is 0. The Morgan fingerprint density at radius 1 is 1.38 bits per heavy atom. The standard InChI is InChI=1S/C13H12BrF2NO4/c1-7(12(17)19)20-11(18)5-2-8-6-9(14)3-4-10(8)21-13(15)16/h2-7,13H,1H3,(H2,17,19)/b5-2+/t7-/m0/s1. The highest BCUT2D eigenvalue weighted by molar-refractivity contribution is 9.10. The van der Waals surface area contributed by atoms with Crippen LogP contribution in [0.3, 0.4) is 0 Å². The first-order chi connectivity index (χ1) is 9.79. The van der Waals surface area contributed by atoms with Crippen LogP contribution < -0.4 is 10.5 Å². The summed E-state index contributed by atoms with van der Waals surface area (Å²) < 4.78 is 34.1. The van der Waals surface area contributed by atoms with Crippen molar-refractivity contribution in [3.63, 3.8) is 0 Å². The number of ether oxygens (including phenoxy) is 2. The van der Waals surface area contributed by atoms with Gasteiger partial charge in [0.2, 0.25) is 0 Å². The molecule has 0 bridgehead atoms. The predicted octanol–water partition coefficient (Wildman–Crippen LogP) is 2.48. The number of hydrogen-bond donors (Lipinski definition) is 1. The zero-order valence-electron chi connectivity index (χ0n) is 10.9. The molecule has 0 spiro atoms. The van der Waals surface area contributed by atoms with Crippen molar-refractivity contribution in [1.82, 2.24) is 0 Å². The summed E-state index contributed by atoms with van der Waals surface area (Å²) in [6.45, 7) is -1.67. The van der Waals surface area contributed by atoms with Crippen LogP contribution in [0.25, 0.3) is 6.08 Å². The third-order valence-electron chi connectivity index (χ3n) is 2.28. The van der Waals surface area contributed by atoms with Crippen molar-refractivity contribution < 1.29 is 27.8 Å². The van der Waals surface area contributed by atoms with Crippen molar-refractivity contribution in [2.75, 3.05) is 0 Å². The molecule has 0 saturated heterocycles. The molecule has 1 amide bonds. The summed E-state index contributed by atoms with van der Waals surface area (Å²) in [7, 11) is 0. The second-order valence-corrected chi connectivity index (χ2v) is 4.79. The van der Waals surface area contributed by atoms with Gasteiger partial charge in [-0.1, -0.05) is 15.9 Å². The van der Waals surface area contributed by atoms with E-state index in [1.165, 1.54) is 31.2 Å². The number of carbonyl (C=O) groups is 2. The second kappa shape index (κ2) is 7.72. The topological polar surface area (TPSA) is 78.6 Å². The maximum atomic E-state index is 12.3. The van der Waals surface area contributed by atoms with Gasteiger partial charge >= 0.3 is 12.6 Å². The molecule has 5 nitrogen and oxygen atoms in total. The summed E-state index contributed by atoms with van der Waals surface area (Å²) in [5.41, 5.74) is 5.18. The van der Waals surface area contributed by atoms with Gasteiger partial charge < -0.3 is 15.2 Å². The van der Waals surface area contributed by atoms with E-state index in [1.807, 2.05) is 0 Å². The van der Waals surface area contributed by atoms with E-state index in [9.17, 15) is 18.4 Å². The Hall–Kier alpha value is -1.96.